The molecular formula is C9H13Cl2N3. The van der Waals surface area contributed by atoms with Crippen LogP contribution in [0, 0.1) is 0 Å². The fraction of sp³-hybridized carbons (Fsp3) is 0.222. The molecule has 0 saturated carbocycles. The number of nitrogens with zero attached hydrogens (tertiary/aromatic N) is 1. The molecule has 14 heavy (non-hydrogen) atoms. The van der Waals surface area contributed by atoms with Crippen molar-refractivity contribution < 1.29 is 0 Å². The third-order valence-electron chi connectivity index (χ3n) is 1.78. The first-order valence-electron chi connectivity index (χ1n) is 3.98. The van der Waals surface area contributed by atoms with E-state index in [-0.39, 0.29) is 24.8 Å². The molecule has 0 unspecified atom stereocenters. The van der Waals surface area contributed by atoms with Gasteiger partial charge in [-0.15, -0.1) is 24.8 Å². The predicted octanol–water partition coefficient (Wildman–Crippen LogP) is 2.13. The van der Waals surface area contributed by atoms with Gasteiger partial charge in [-0.05, 0) is 19.2 Å². The lowest BCUT2D eigenvalue weighted by molar-refractivity contribution is 0.775. The monoisotopic (exact) mass is 233 g/mol. The lowest BCUT2D eigenvalue weighted by Crippen LogP contribution is -2.06. The lowest BCUT2D eigenvalue weighted by Gasteiger charge is -1.89. The molecule has 0 fully saturated rings. The predicted molar refractivity (Wildman–Crippen MR) is 63.4 cm³/mol. The summed E-state index contributed by atoms with van der Waals surface area (Å²) in [6, 6.07) is 8.03. The number of aromatic nitrogens is 2. The highest BCUT2D eigenvalue weighted by Gasteiger charge is 1.98. The molecule has 2 N–H and O–H groups in total. The van der Waals surface area contributed by atoms with E-state index in [4.69, 9.17) is 0 Å². The van der Waals surface area contributed by atoms with Gasteiger partial charge in [-0.1, -0.05) is 12.1 Å². The van der Waals surface area contributed by atoms with E-state index in [0.29, 0.717) is 0 Å². The third-order valence-corrected chi connectivity index (χ3v) is 1.78. The number of para-hydroxylation sites is 2. The molecule has 0 saturated heterocycles. The summed E-state index contributed by atoms with van der Waals surface area (Å²) in [6.45, 7) is 0.786. The van der Waals surface area contributed by atoms with Crippen LogP contribution in [0.1, 0.15) is 5.82 Å². The second-order valence-electron chi connectivity index (χ2n) is 2.73. The molecule has 0 aliphatic heterocycles. The first-order valence-corrected chi connectivity index (χ1v) is 3.98. The Morgan fingerprint density at radius 3 is 2.64 bits per heavy atom. The van der Waals surface area contributed by atoms with E-state index in [9.17, 15) is 0 Å². The van der Waals surface area contributed by atoms with Crippen LogP contribution in [-0.4, -0.2) is 17.0 Å². The Morgan fingerprint density at radius 1 is 1.29 bits per heavy atom. The quantitative estimate of drug-likeness (QED) is 0.835. The Labute approximate surface area is 95.1 Å². The summed E-state index contributed by atoms with van der Waals surface area (Å²) >= 11 is 0. The largest absolute Gasteiger partial charge is 0.341 e. The number of H-pyrrole nitrogens is 1. The molecule has 5 heteroatoms. The Hall–Kier alpha value is -0.770. The Morgan fingerprint density at radius 2 is 2.00 bits per heavy atom. The van der Waals surface area contributed by atoms with Crippen LogP contribution in [0.5, 0.6) is 0 Å². The van der Waals surface area contributed by atoms with Crippen molar-refractivity contribution in [1.29, 1.82) is 0 Å². The molecule has 0 radical (unpaired) electrons. The van der Waals surface area contributed by atoms with Gasteiger partial charge in [-0.2, -0.15) is 0 Å². The fourth-order valence-electron chi connectivity index (χ4n) is 1.26. The first kappa shape index (κ1) is 13.2. The zero-order chi connectivity index (χ0) is 8.39. The second-order valence-corrected chi connectivity index (χ2v) is 2.73. The van der Waals surface area contributed by atoms with Crippen molar-refractivity contribution >= 4 is 35.8 Å². The zero-order valence-electron chi connectivity index (χ0n) is 7.78. The summed E-state index contributed by atoms with van der Waals surface area (Å²) in [5, 5.41) is 3.05. The SMILES string of the molecule is CNCc1nc2ccccc2[nH]1.Cl.Cl. The van der Waals surface area contributed by atoms with E-state index in [1.165, 1.54) is 0 Å². The summed E-state index contributed by atoms with van der Waals surface area (Å²) < 4.78 is 0. The number of aromatic amines is 1. The van der Waals surface area contributed by atoms with Crippen LogP contribution in [0.2, 0.25) is 0 Å². The average Bonchev–Trinajstić information content (AvgIpc) is 2.47. The van der Waals surface area contributed by atoms with Crippen molar-refractivity contribution in [3.05, 3.63) is 30.1 Å². The van der Waals surface area contributed by atoms with Gasteiger partial charge in [0.2, 0.25) is 0 Å². The standard InChI is InChI=1S/C9H11N3.2ClH/c1-10-6-9-11-7-4-2-3-5-8(7)12-9;;/h2-5,10H,6H2,1H3,(H,11,12);2*1H. The van der Waals surface area contributed by atoms with E-state index in [0.717, 1.165) is 23.4 Å². The number of imidazole rings is 1. The maximum absolute atomic E-state index is 4.38. The van der Waals surface area contributed by atoms with Crippen molar-refractivity contribution in [1.82, 2.24) is 15.3 Å². The number of hydrogen-bond acceptors (Lipinski definition) is 2. The number of rotatable bonds is 2. The summed E-state index contributed by atoms with van der Waals surface area (Å²) in [5.74, 6) is 0.985. The van der Waals surface area contributed by atoms with E-state index in [2.05, 4.69) is 15.3 Å². The molecule has 0 aliphatic rings. The normalized spacial score (nSPS) is 9.21. The van der Waals surface area contributed by atoms with Gasteiger partial charge in [0.05, 0.1) is 17.6 Å². The Balaban J connectivity index is 0.000000845. The molecule has 2 rings (SSSR count). The Bertz CT molecular complexity index is 353. The summed E-state index contributed by atoms with van der Waals surface area (Å²) in [4.78, 5) is 7.61. The van der Waals surface area contributed by atoms with Crippen LogP contribution < -0.4 is 5.32 Å². The van der Waals surface area contributed by atoms with E-state index in [1.807, 2.05) is 31.3 Å². The number of hydrogen-bond donors (Lipinski definition) is 2. The maximum Gasteiger partial charge on any atom is 0.121 e. The van der Waals surface area contributed by atoms with Gasteiger partial charge in [0, 0.05) is 0 Å². The Kier molecular flexibility index (Phi) is 5.53. The average molecular weight is 234 g/mol. The van der Waals surface area contributed by atoms with Crippen LogP contribution in [0.25, 0.3) is 11.0 Å². The third kappa shape index (κ3) is 2.61. The van der Waals surface area contributed by atoms with Crippen molar-refractivity contribution in [2.24, 2.45) is 0 Å². The topological polar surface area (TPSA) is 40.7 Å². The number of fused-ring (bicyclic) bond motifs is 1. The van der Waals surface area contributed by atoms with Gasteiger partial charge in [0.15, 0.2) is 0 Å². The molecule has 1 aromatic carbocycles. The fourth-order valence-corrected chi connectivity index (χ4v) is 1.26. The molecule has 78 valence electrons. The van der Waals surface area contributed by atoms with Gasteiger partial charge in [-0.3, -0.25) is 0 Å². The van der Waals surface area contributed by atoms with Gasteiger partial charge in [0.25, 0.3) is 0 Å². The molecule has 0 atom stereocenters. The van der Waals surface area contributed by atoms with Crippen LogP contribution in [0.15, 0.2) is 24.3 Å². The van der Waals surface area contributed by atoms with E-state index >= 15 is 0 Å². The lowest BCUT2D eigenvalue weighted by atomic mass is 10.3. The number of benzene rings is 1. The van der Waals surface area contributed by atoms with Crippen molar-refractivity contribution in [2.45, 2.75) is 6.54 Å². The minimum Gasteiger partial charge on any atom is -0.341 e. The van der Waals surface area contributed by atoms with Gasteiger partial charge < -0.3 is 10.3 Å². The molecule has 1 heterocycles. The molecule has 3 nitrogen and oxygen atoms in total. The smallest absolute Gasteiger partial charge is 0.121 e. The van der Waals surface area contributed by atoms with Gasteiger partial charge in [-0.25, -0.2) is 4.98 Å². The second kappa shape index (κ2) is 5.86. The minimum absolute atomic E-state index is 0. The van der Waals surface area contributed by atoms with Crippen LogP contribution in [-0.2, 0) is 6.54 Å². The minimum atomic E-state index is 0. The molecule has 0 bridgehead atoms. The maximum atomic E-state index is 4.38. The van der Waals surface area contributed by atoms with Crippen LogP contribution in [0.3, 0.4) is 0 Å². The number of halogens is 2. The van der Waals surface area contributed by atoms with Crippen LogP contribution >= 0.6 is 24.8 Å². The molecular weight excluding hydrogens is 221 g/mol. The molecule has 2 aromatic rings. The van der Waals surface area contributed by atoms with Gasteiger partial charge >= 0.3 is 0 Å². The van der Waals surface area contributed by atoms with Gasteiger partial charge in [0.1, 0.15) is 5.82 Å². The molecule has 0 amide bonds. The zero-order valence-corrected chi connectivity index (χ0v) is 9.41. The molecule has 0 aliphatic carbocycles. The van der Waals surface area contributed by atoms with Crippen molar-refractivity contribution in [3.8, 4) is 0 Å². The molecule has 0 spiro atoms. The summed E-state index contributed by atoms with van der Waals surface area (Å²) in [5.41, 5.74) is 2.13. The highest BCUT2D eigenvalue weighted by atomic mass is 35.5. The first-order chi connectivity index (χ1) is 5.90. The highest BCUT2D eigenvalue weighted by molar-refractivity contribution is 5.85. The van der Waals surface area contributed by atoms with Crippen molar-refractivity contribution in [3.63, 3.8) is 0 Å². The van der Waals surface area contributed by atoms with E-state index < -0.39 is 0 Å². The summed E-state index contributed by atoms with van der Waals surface area (Å²) in [6.07, 6.45) is 0. The summed E-state index contributed by atoms with van der Waals surface area (Å²) in [7, 11) is 1.91. The molecule has 1 aromatic heterocycles. The highest BCUT2D eigenvalue weighted by Crippen LogP contribution is 2.09. The van der Waals surface area contributed by atoms with E-state index in [1.54, 1.807) is 0 Å². The van der Waals surface area contributed by atoms with Crippen molar-refractivity contribution in [2.75, 3.05) is 7.05 Å². The number of nitrogens with one attached hydrogen (secondary N) is 2. The van der Waals surface area contributed by atoms with Crippen LogP contribution in [0.4, 0.5) is 0 Å².